The van der Waals surface area contributed by atoms with Crippen molar-refractivity contribution in [3.8, 4) is 0 Å². The van der Waals surface area contributed by atoms with E-state index < -0.39 is 10.1 Å². The molecule has 0 radical (unpaired) electrons. The van der Waals surface area contributed by atoms with Gasteiger partial charge in [-0.25, -0.2) is 8.42 Å². The minimum Gasteiger partial charge on any atom is -0.744 e. The molecule has 3 nitrogen and oxygen atoms in total. The zero-order valence-corrected chi connectivity index (χ0v) is 19.8. The van der Waals surface area contributed by atoms with Crippen molar-refractivity contribution in [2.75, 3.05) is 0 Å². The Hall–Kier alpha value is 0.130. The van der Waals surface area contributed by atoms with Crippen LogP contribution < -0.4 is 29.6 Å². The molecule has 0 spiro atoms. The van der Waals surface area contributed by atoms with E-state index in [2.05, 4.69) is 13.8 Å². The van der Waals surface area contributed by atoms with Crippen LogP contribution in [0.5, 0.6) is 0 Å². The molecule has 0 bridgehead atoms. The van der Waals surface area contributed by atoms with Crippen molar-refractivity contribution in [3.05, 3.63) is 29.8 Å². The molecule has 0 N–H and O–H groups in total. The van der Waals surface area contributed by atoms with Gasteiger partial charge >= 0.3 is 29.6 Å². The minimum atomic E-state index is -4.35. The Morgan fingerprint density at radius 1 is 0.808 bits per heavy atom. The van der Waals surface area contributed by atoms with E-state index in [0.717, 1.165) is 18.8 Å². The summed E-state index contributed by atoms with van der Waals surface area (Å²) >= 11 is 0. The SMILES string of the molecule is CC(C)CCCCCCCCCCCCc1ccccc1S(=O)(=O)[O-].[Na+]. The molecule has 1 aromatic rings. The molecular weight excluding hydrogens is 355 g/mol. The van der Waals surface area contributed by atoms with Gasteiger partial charge in [-0.1, -0.05) is 96.3 Å². The summed E-state index contributed by atoms with van der Waals surface area (Å²) in [6.45, 7) is 4.58. The van der Waals surface area contributed by atoms with Crippen LogP contribution in [-0.4, -0.2) is 13.0 Å². The first-order valence-corrected chi connectivity index (χ1v) is 11.4. The van der Waals surface area contributed by atoms with E-state index in [4.69, 9.17) is 0 Å². The zero-order chi connectivity index (χ0) is 18.5. The van der Waals surface area contributed by atoms with E-state index in [1.54, 1.807) is 18.2 Å². The smallest absolute Gasteiger partial charge is 0.744 e. The molecule has 0 unspecified atom stereocenters. The quantitative estimate of drug-likeness (QED) is 0.279. The number of rotatable bonds is 14. The van der Waals surface area contributed by atoms with Gasteiger partial charge in [-0.3, -0.25) is 0 Å². The van der Waals surface area contributed by atoms with Gasteiger partial charge in [-0.15, -0.1) is 0 Å². The van der Waals surface area contributed by atoms with Gasteiger partial charge < -0.3 is 4.55 Å². The summed E-state index contributed by atoms with van der Waals surface area (Å²) < 4.78 is 33.7. The largest absolute Gasteiger partial charge is 1.00 e. The van der Waals surface area contributed by atoms with Crippen LogP contribution in [-0.2, 0) is 16.5 Å². The maximum atomic E-state index is 11.2. The number of aryl methyl sites for hydroxylation is 1. The van der Waals surface area contributed by atoms with Gasteiger partial charge in [-0.05, 0) is 30.4 Å². The van der Waals surface area contributed by atoms with E-state index in [-0.39, 0.29) is 34.5 Å². The second-order valence-corrected chi connectivity index (χ2v) is 8.88. The summed E-state index contributed by atoms with van der Waals surface area (Å²) in [4.78, 5) is -0.0486. The molecule has 0 aromatic heterocycles. The van der Waals surface area contributed by atoms with Crippen LogP contribution in [0, 0.1) is 5.92 Å². The van der Waals surface area contributed by atoms with Crippen molar-refractivity contribution in [2.45, 2.75) is 95.8 Å². The first kappa shape index (κ1) is 26.1. The number of hydrogen-bond donors (Lipinski definition) is 0. The second kappa shape index (κ2) is 15.1. The average Bonchev–Trinajstić information content (AvgIpc) is 2.55. The Kier molecular flexibility index (Phi) is 15.2. The van der Waals surface area contributed by atoms with Crippen LogP contribution in [0.15, 0.2) is 29.2 Å². The standard InChI is InChI=1S/C21H36O3S.Na/c1-19(2)15-11-9-7-5-3-4-6-8-10-12-16-20-17-13-14-18-21(20)25(22,23)24;/h13-14,17-19H,3-12,15-16H2,1-2H3,(H,22,23,24);/q;+1/p-1. The van der Waals surface area contributed by atoms with Crippen molar-refractivity contribution < 1.29 is 42.5 Å². The molecular formula is C21H35NaO3S. The monoisotopic (exact) mass is 390 g/mol. The Morgan fingerprint density at radius 3 is 1.77 bits per heavy atom. The van der Waals surface area contributed by atoms with Gasteiger partial charge in [0.1, 0.15) is 10.1 Å². The van der Waals surface area contributed by atoms with Gasteiger partial charge in [0, 0.05) is 0 Å². The van der Waals surface area contributed by atoms with Crippen LogP contribution in [0.2, 0.25) is 0 Å². The summed E-state index contributed by atoms with van der Waals surface area (Å²) in [7, 11) is -4.35. The molecule has 1 aromatic carbocycles. The normalized spacial score (nSPS) is 11.5. The van der Waals surface area contributed by atoms with Gasteiger partial charge in [0.25, 0.3) is 0 Å². The molecule has 5 heteroatoms. The van der Waals surface area contributed by atoms with E-state index in [1.807, 2.05) is 0 Å². The molecule has 0 aliphatic heterocycles. The minimum absolute atomic E-state index is 0. The van der Waals surface area contributed by atoms with Gasteiger partial charge in [0.15, 0.2) is 0 Å². The first-order chi connectivity index (χ1) is 11.9. The molecule has 0 saturated carbocycles. The number of benzene rings is 1. The summed E-state index contributed by atoms with van der Waals surface area (Å²) in [5, 5.41) is 0. The second-order valence-electron chi connectivity index (χ2n) is 7.53. The Morgan fingerprint density at radius 2 is 1.27 bits per heavy atom. The van der Waals surface area contributed by atoms with Crippen molar-refractivity contribution in [1.82, 2.24) is 0 Å². The van der Waals surface area contributed by atoms with Crippen molar-refractivity contribution >= 4 is 10.1 Å². The molecule has 0 heterocycles. The summed E-state index contributed by atoms with van der Waals surface area (Å²) in [5.41, 5.74) is 0.666. The van der Waals surface area contributed by atoms with Gasteiger partial charge in [0.2, 0.25) is 0 Å². The summed E-state index contributed by atoms with van der Waals surface area (Å²) in [6.07, 6.45) is 14.6. The zero-order valence-electron chi connectivity index (χ0n) is 17.0. The Bertz CT molecular complexity index is 570. The molecule has 0 amide bonds. The maximum absolute atomic E-state index is 11.2. The van der Waals surface area contributed by atoms with Gasteiger partial charge in [-0.2, -0.15) is 0 Å². The fourth-order valence-electron chi connectivity index (χ4n) is 3.24. The van der Waals surface area contributed by atoms with Crippen molar-refractivity contribution in [2.24, 2.45) is 5.92 Å². The fourth-order valence-corrected chi connectivity index (χ4v) is 3.97. The van der Waals surface area contributed by atoms with Crippen LogP contribution in [0.25, 0.3) is 0 Å². The molecule has 0 saturated heterocycles. The molecule has 0 atom stereocenters. The number of hydrogen-bond acceptors (Lipinski definition) is 3. The molecule has 26 heavy (non-hydrogen) atoms. The fraction of sp³-hybridized carbons (Fsp3) is 0.714. The van der Waals surface area contributed by atoms with Crippen LogP contribution in [0.4, 0.5) is 0 Å². The first-order valence-electron chi connectivity index (χ1n) is 9.95. The van der Waals surface area contributed by atoms with Crippen LogP contribution >= 0.6 is 0 Å². The summed E-state index contributed by atoms with van der Waals surface area (Å²) in [6, 6.07) is 6.57. The third kappa shape index (κ3) is 12.5. The molecule has 144 valence electrons. The van der Waals surface area contributed by atoms with E-state index >= 15 is 0 Å². The van der Waals surface area contributed by atoms with E-state index in [1.165, 1.54) is 63.9 Å². The van der Waals surface area contributed by atoms with Crippen LogP contribution in [0.1, 0.15) is 90.0 Å². The topological polar surface area (TPSA) is 57.2 Å². The van der Waals surface area contributed by atoms with Gasteiger partial charge in [0.05, 0.1) is 4.90 Å². The molecule has 0 aliphatic carbocycles. The predicted molar refractivity (Wildman–Crippen MR) is 104 cm³/mol. The third-order valence-electron chi connectivity index (χ3n) is 4.72. The average molecular weight is 391 g/mol. The molecule has 0 fully saturated rings. The molecule has 0 aliphatic rings. The Balaban J connectivity index is 0.00000625. The molecule has 1 rings (SSSR count). The third-order valence-corrected chi connectivity index (χ3v) is 5.66. The van der Waals surface area contributed by atoms with Crippen molar-refractivity contribution in [1.29, 1.82) is 0 Å². The van der Waals surface area contributed by atoms with Crippen LogP contribution in [0.3, 0.4) is 0 Å². The predicted octanol–water partition coefficient (Wildman–Crippen LogP) is 3.08. The maximum Gasteiger partial charge on any atom is 1.00 e. The van der Waals surface area contributed by atoms with Crippen molar-refractivity contribution in [3.63, 3.8) is 0 Å². The van der Waals surface area contributed by atoms with E-state index in [9.17, 15) is 13.0 Å². The summed E-state index contributed by atoms with van der Waals surface area (Å²) in [5.74, 6) is 0.834. The van der Waals surface area contributed by atoms with E-state index in [0.29, 0.717) is 12.0 Å². The Labute approximate surface area is 183 Å². The number of unbranched alkanes of at least 4 members (excludes halogenated alkanes) is 9.